The van der Waals surface area contributed by atoms with E-state index in [0.29, 0.717) is 25.9 Å². The van der Waals surface area contributed by atoms with Crippen molar-refractivity contribution in [1.29, 1.82) is 0 Å². The van der Waals surface area contributed by atoms with Gasteiger partial charge in [0.1, 0.15) is 6.04 Å². The van der Waals surface area contributed by atoms with Crippen LogP contribution in [0.5, 0.6) is 0 Å². The highest BCUT2D eigenvalue weighted by Crippen LogP contribution is 2.13. The summed E-state index contributed by atoms with van der Waals surface area (Å²) >= 11 is 0. The molecule has 0 aliphatic heterocycles. The second kappa shape index (κ2) is 21.7. The summed E-state index contributed by atoms with van der Waals surface area (Å²) in [5.74, 6) is -0.759. The van der Waals surface area contributed by atoms with Crippen molar-refractivity contribution in [2.75, 3.05) is 20.1 Å². The van der Waals surface area contributed by atoms with Gasteiger partial charge in [0.2, 0.25) is 15.9 Å². The van der Waals surface area contributed by atoms with Crippen molar-refractivity contribution in [3.63, 3.8) is 0 Å². The number of amides is 1. The van der Waals surface area contributed by atoms with E-state index < -0.39 is 29.2 Å². The topological polar surface area (TPSA) is 165 Å². The van der Waals surface area contributed by atoms with Gasteiger partial charge >= 0.3 is 13.1 Å². The van der Waals surface area contributed by atoms with Gasteiger partial charge in [-0.05, 0) is 56.7 Å². The predicted octanol–water partition coefficient (Wildman–Crippen LogP) is 2.68. The van der Waals surface area contributed by atoms with E-state index in [2.05, 4.69) is 15.4 Å². The van der Waals surface area contributed by atoms with E-state index in [9.17, 15) is 18.0 Å². The Bertz CT molecular complexity index is 930. The molecule has 0 aliphatic carbocycles. The number of sulfonamides is 1. The van der Waals surface area contributed by atoms with Crippen LogP contribution in [0.4, 0.5) is 0 Å². The highest BCUT2D eigenvalue weighted by Gasteiger charge is 2.16. The fourth-order valence-corrected chi connectivity index (χ4v) is 5.54. The first-order valence-electron chi connectivity index (χ1n) is 14.8. The highest BCUT2D eigenvalue weighted by atomic mass is 32.2. The molecular formula is C28H50BN3O7S. The maximum absolute atomic E-state index is 12.3. The van der Waals surface area contributed by atoms with Gasteiger partial charge in [-0.25, -0.2) is 13.1 Å². The second-order valence-electron chi connectivity index (χ2n) is 10.4. The van der Waals surface area contributed by atoms with Gasteiger partial charge in [-0.15, -0.1) is 0 Å². The molecule has 0 saturated carbocycles. The van der Waals surface area contributed by atoms with E-state index in [4.69, 9.17) is 15.2 Å². The van der Waals surface area contributed by atoms with Crippen LogP contribution in [-0.2, 0) is 19.6 Å². The maximum atomic E-state index is 12.3. The standard InChI is InChI=1S/C28H50BN3O7S/c1-30-26(28(34)35)16-13-15-22-31-27(33)17-12-10-8-6-4-2-3-5-7-9-11-14-23-32-40(38,39)25-20-18-24(19-21-25)29(36)37/h18-21,26,30,32,36-37H,2-17,22-23H2,1H3,(H,31,33)(H,34,35)/t26-/m0/s1. The lowest BCUT2D eigenvalue weighted by Gasteiger charge is -2.10. The zero-order valence-corrected chi connectivity index (χ0v) is 24.9. The van der Waals surface area contributed by atoms with Gasteiger partial charge in [0.05, 0.1) is 4.90 Å². The summed E-state index contributed by atoms with van der Waals surface area (Å²) in [6, 6.07) is 4.99. The molecule has 12 heteroatoms. The molecule has 1 rings (SSSR count). The number of hydrogen-bond donors (Lipinski definition) is 6. The summed E-state index contributed by atoms with van der Waals surface area (Å²) < 4.78 is 27.2. The average Bonchev–Trinajstić information content (AvgIpc) is 2.92. The summed E-state index contributed by atoms with van der Waals surface area (Å²) in [5.41, 5.74) is 0.250. The van der Waals surface area contributed by atoms with Crippen molar-refractivity contribution >= 4 is 34.5 Å². The molecule has 40 heavy (non-hydrogen) atoms. The molecule has 1 amide bonds. The molecule has 0 spiro atoms. The van der Waals surface area contributed by atoms with E-state index >= 15 is 0 Å². The molecule has 0 aromatic heterocycles. The highest BCUT2D eigenvalue weighted by molar-refractivity contribution is 7.89. The molecule has 0 heterocycles. The van der Waals surface area contributed by atoms with Crippen molar-refractivity contribution in [3.05, 3.63) is 24.3 Å². The number of benzene rings is 1. The third-order valence-electron chi connectivity index (χ3n) is 7.00. The molecule has 1 aromatic rings. The third-order valence-corrected chi connectivity index (χ3v) is 8.48. The number of rotatable bonds is 25. The van der Waals surface area contributed by atoms with Crippen LogP contribution < -0.4 is 20.8 Å². The summed E-state index contributed by atoms with van der Waals surface area (Å²) in [6.07, 6.45) is 15.8. The number of nitrogens with one attached hydrogen (secondary N) is 3. The Morgan fingerprint density at radius 2 is 1.27 bits per heavy atom. The van der Waals surface area contributed by atoms with Crippen LogP contribution in [0.1, 0.15) is 103 Å². The number of carboxylic acids is 1. The summed E-state index contributed by atoms with van der Waals surface area (Å²) in [4.78, 5) is 22.9. The molecule has 0 bridgehead atoms. The molecule has 0 radical (unpaired) electrons. The van der Waals surface area contributed by atoms with Crippen LogP contribution in [0.25, 0.3) is 0 Å². The Labute approximate surface area is 240 Å². The van der Waals surface area contributed by atoms with Crippen molar-refractivity contribution in [2.45, 2.75) is 114 Å². The van der Waals surface area contributed by atoms with Crippen molar-refractivity contribution < 1.29 is 33.2 Å². The first-order chi connectivity index (χ1) is 19.2. The van der Waals surface area contributed by atoms with Crippen LogP contribution in [0, 0.1) is 0 Å². The Balaban J connectivity index is 1.88. The van der Waals surface area contributed by atoms with Crippen LogP contribution in [0.3, 0.4) is 0 Å². The maximum Gasteiger partial charge on any atom is 0.488 e. The molecule has 228 valence electrons. The number of aliphatic carboxylic acids is 1. The zero-order valence-electron chi connectivity index (χ0n) is 24.1. The minimum Gasteiger partial charge on any atom is -0.480 e. The summed E-state index contributed by atoms with van der Waals surface area (Å²) in [7, 11) is -3.56. The smallest absolute Gasteiger partial charge is 0.480 e. The minimum absolute atomic E-state index is 0.0795. The minimum atomic E-state index is -3.58. The largest absolute Gasteiger partial charge is 0.488 e. The Morgan fingerprint density at radius 1 is 0.775 bits per heavy atom. The van der Waals surface area contributed by atoms with E-state index in [-0.39, 0.29) is 16.3 Å². The lowest BCUT2D eigenvalue weighted by molar-refractivity contribution is -0.139. The number of hydrogen-bond acceptors (Lipinski definition) is 7. The van der Waals surface area contributed by atoms with Gasteiger partial charge in [0.25, 0.3) is 0 Å². The number of carbonyl (C=O) groups is 2. The molecule has 0 saturated heterocycles. The van der Waals surface area contributed by atoms with Crippen molar-refractivity contribution in [1.82, 2.24) is 15.4 Å². The zero-order chi connectivity index (χ0) is 29.6. The van der Waals surface area contributed by atoms with E-state index in [1.165, 1.54) is 56.4 Å². The molecular weight excluding hydrogens is 533 g/mol. The molecule has 0 aliphatic rings. The molecule has 1 aromatic carbocycles. The van der Waals surface area contributed by atoms with E-state index in [0.717, 1.165) is 57.8 Å². The third kappa shape index (κ3) is 17.0. The fraction of sp³-hybridized carbons (Fsp3) is 0.714. The van der Waals surface area contributed by atoms with Gasteiger partial charge in [-0.2, -0.15) is 0 Å². The fourth-order valence-electron chi connectivity index (χ4n) is 4.47. The first-order valence-corrected chi connectivity index (χ1v) is 16.3. The van der Waals surface area contributed by atoms with Crippen LogP contribution >= 0.6 is 0 Å². The predicted molar refractivity (Wildman–Crippen MR) is 159 cm³/mol. The van der Waals surface area contributed by atoms with Crippen molar-refractivity contribution in [2.24, 2.45) is 0 Å². The van der Waals surface area contributed by atoms with Gasteiger partial charge < -0.3 is 25.8 Å². The molecule has 0 fully saturated rings. The lowest BCUT2D eigenvalue weighted by Crippen LogP contribution is -2.33. The van der Waals surface area contributed by atoms with Gasteiger partial charge in [-0.3, -0.25) is 9.59 Å². The number of carbonyl (C=O) groups excluding carboxylic acids is 1. The van der Waals surface area contributed by atoms with Crippen LogP contribution in [0.2, 0.25) is 0 Å². The molecule has 10 nitrogen and oxygen atoms in total. The molecule has 1 atom stereocenters. The van der Waals surface area contributed by atoms with E-state index in [1.54, 1.807) is 7.05 Å². The monoisotopic (exact) mass is 583 g/mol. The quantitative estimate of drug-likeness (QED) is 0.0755. The second-order valence-corrected chi connectivity index (χ2v) is 12.1. The SMILES string of the molecule is CN[C@@H](CCCCNC(=O)CCCCCCCCCCCCCCNS(=O)(=O)c1ccc(B(O)O)cc1)C(=O)O. The van der Waals surface area contributed by atoms with E-state index in [1.807, 2.05) is 0 Å². The lowest BCUT2D eigenvalue weighted by atomic mass is 9.81. The van der Waals surface area contributed by atoms with Gasteiger partial charge in [0, 0.05) is 19.5 Å². The average molecular weight is 584 g/mol. The first kappa shape index (κ1) is 36.0. The number of carboxylic acid groups (broad SMARTS) is 1. The molecule has 0 unspecified atom stereocenters. The Kier molecular flexibility index (Phi) is 19.6. The summed E-state index contributed by atoms with van der Waals surface area (Å²) in [5, 5.41) is 32.9. The summed E-state index contributed by atoms with van der Waals surface area (Å²) in [6.45, 7) is 0.989. The van der Waals surface area contributed by atoms with Crippen LogP contribution in [0.15, 0.2) is 29.2 Å². The van der Waals surface area contributed by atoms with Gasteiger partial charge in [-0.1, -0.05) is 76.3 Å². The van der Waals surface area contributed by atoms with Crippen LogP contribution in [-0.4, -0.2) is 68.7 Å². The van der Waals surface area contributed by atoms with Gasteiger partial charge in [0.15, 0.2) is 0 Å². The Hall–Kier alpha value is -1.99. The normalized spacial score (nSPS) is 12.3. The number of unbranched alkanes of at least 4 members (excludes halogenated alkanes) is 12. The van der Waals surface area contributed by atoms with Crippen molar-refractivity contribution in [3.8, 4) is 0 Å². The Morgan fingerprint density at radius 3 is 1.77 bits per heavy atom. The number of likely N-dealkylation sites (N-methyl/N-ethyl adjacent to an activating group) is 1. The molecule has 6 N–H and O–H groups in total.